The molecule has 2 aromatic carbocycles. The number of hydrogen-bond acceptors (Lipinski definition) is 5. The lowest BCUT2D eigenvalue weighted by molar-refractivity contribution is -0.138. The first-order valence-corrected chi connectivity index (χ1v) is 8.33. The van der Waals surface area contributed by atoms with Crippen LogP contribution in [0.25, 0.3) is 6.08 Å². The predicted molar refractivity (Wildman–Crippen MR) is 93.9 cm³/mol. The normalized spacial score (nSPS) is 13.3. The standard InChI is InChI=1S/C20H19FO5/c21-16-4-6-17(7-5-16)23-12-13-26-20(22)9-3-15-2-8-18-19(14-15)25-11-1-10-24-18/h2-9,14H,1,10-13H2/b9-3+. The maximum Gasteiger partial charge on any atom is 0.330 e. The van der Waals surface area contributed by atoms with Gasteiger partial charge in [-0.1, -0.05) is 6.07 Å². The Morgan fingerprint density at radius 3 is 2.62 bits per heavy atom. The maximum absolute atomic E-state index is 12.8. The second-order valence-electron chi connectivity index (χ2n) is 5.56. The van der Waals surface area contributed by atoms with Gasteiger partial charge in [0.2, 0.25) is 0 Å². The van der Waals surface area contributed by atoms with Gasteiger partial charge in [-0.15, -0.1) is 0 Å². The number of fused-ring (bicyclic) bond motifs is 1. The molecule has 1 aliphatic rings. The van der Waals surface area contributed by atoms with E-state index in [1.165, 1.54) is 30.3 Å². The summed E-state index contributed by atoms with van der Waals surface area (Å²) in [4.78, 5) is 11.7. The smallest absolute Gasteiger partial charge is 0.330 e. The van der Waals surface area contributed by atoms with Gasteiger partial charge in [0.05, 0.1) is 13.2 Å². The molecule has 0 saturated heterocycles. The van der Waals surface area contributed by atoms with Gasteiger partial charge in [0.15, 0.2) is 11.5 Å². The van der Waals surface area contributed by atoms with Crippen LogP contribution in [0.5, 0.6) is 17.2 Å². The Bertz CT molecular complexity index is 770. The summed E-state index contributed by atoms with van der Waals surface area (Å²) in [6.07, 6.45) is 3.83. The summed E-state index contributed by atoms with van der Waals surface area (Å²) < 4.78 is 34.4. The van der Waals surface area contributed by atoms with Crippen molar-refractivity contribution in [3.63, 3.8) is 0 Å². The van der Waals surface area contributed by atoms with Crippen LogP contribution < -0.4 is 14.2 Å². The van der Waals surface area contributed by atoms with Crippen molar-refractivity contribution in [2.24, 2.45) is 0 Å². The zero-order valence-corrected chi connectivity index (χ0v) is 14.2. The summed E-state index contributed by atoms with van der Waals surface area (Å²) in [6, 6.07) is 11.1. The van der Waals surface area contributed by atoms with Crippen LogP contribution in [0.4, 0.5) is 4.39 Å². The van der Waals surface area contributed by atoms with E-state index in [-0.39, 0.29) is 19.0 Å². The zero-order chi connectivity index (χ0) is 18.2. The van der Waals surface area contributed by atoms with E-state index in [2.05, 4.69) is 0 Å². The molecule has 0 saturated carbocycles. The fourth-order valence-electron chi connectivity index (χ4n) is 2.33. The summed E-state index contributed by atoms with van der Waals surface area (Å²) in [7, 11) is 0. The molecule has 0 atom stereocenters. The minimum Gasteiger partial charge on any atom is -0.490 e. The topological polar surface area (TPSA) is 54.0 Å². The molecule has 0 aromatic heterocycles. The molecule has 136 valence electrons. The molecule has 6 heteroatoms. The number of ether oxygens (including phenoxy) is 4. The lowest BCUT2D eigenvalue weighted by Crippen LogP contribution is -2.10. The fraction of sp³-hybridized carbons (Fsp3) is 0.250. The highest BCUT2D eigenvalue weighted by molar-refractivity contribution is 5.87. The third-order valence-corrected chi connectivity index (χ3v) is 3.59. The van der Waals surface area contributed by atoms with Gasteiger partial charge in [-0.25, -0.2) is 9.18 Å². The van der Waals surface area contributed by atoms with Crippen molar-refractivity contribution in [1.29, 1.82) is 0 Å². The van der Waals surface area contributed by atoms with E-state index in [9.17, 15) is 9.18 Å². The number of benzene rings is 2. The molecular weight excluding hydrogens is 339 g/mol. The largest absolute Gasteiger partial charge is 0.490 e. The first-order valence-electron chi connectivity index (χ1n) is 8.33. The highest BCUT2D eigenvalue weighted by Crippen LogP contribution is 2.30. The Kier molecular flexibility index (Phi) is 6.09. The Labute approximate surface area is 150 Å². The molecule has 0 amide bonds. The first kappa shape index (κ1) is 17.8. The van der Waals surface area contributed by atoms with Crippen LogP contribution in [-0.2, 0) is 9.53 Å². The molecule has 0 unspecified atom stereocenters. The van der Waals surface area contributed by atoms with Crippen LogP contribution in [0, 0.1) is 5.82 Å². The van der Waals surface area contributed by atoms with Crippen molar-refractivity contribution in [3.05, 3.63) is 59.9 Å². The van der Waals surface area contributed by atoms with Crippen molar-refractivity contribution in [2.75, 3.05) is 26.4 Å². The Morgan fingerprint density at radius 1 is 1.04 bits per heavy atom. The summed E-state index contributed by atoms with van der Waals surface area (Å²) in [5.41, 5.74) is 0.814. The van der Waals surface area contributed by atoms with Gasteiger partial charge in [-0.2, -0.15) is 0 Å². The van der Waals surface area contributed by atoms with Crippen molar-refractivity contribution in [1.82, 2.24) is 0 Å². The van der Waals surface area contributed by atoms with Crippen molar-refractivity contribution >= 4 is 12.0 Å². The van der Waals surface area contributed by atoms with Crippen LogP contribution in [0.3, 0.4) is 0 Å². The molecule has 1 aliphatic heterocycles. The van der Waals surface area contributed by atoms with Crippen molar-refractivity contribution in [3.8, 4) is 17.2 Å². The summed E-state index contributed by atoms with van der Waals surface area (Å²) in [6.45, 7) is 1.53. The molecule has 0 spiro atoms. The minimum atomic E-state index is -0.472. The Hall–Kier alpha value is -3.02. The van der Waals surface area contributed by atoms with E-state index in [4.69, 9.17) is 18.9 Å². The molecule has 1 heterocycles. The van der Waals surface area contributed by atoms with Gasteiger partial charge >= 0.3 is 5.97 Å². The molecule has 3 rings (SSSR count). The minimum absolute atomic E-state index is 0.0989. The lowest BCUT2D eigenvalue weighted by atomic mass is 10.2. The van der Waals surface area contributed by atoms with E-state index >= 15 is 0 Å². The number of hydrogen-bond donors (Lipinski definition) is 0. The highest BCUT2D eigenvalue weighted by atomic mass is 19.1. The van der Waals surface area contributed by atoms with Gasteiger partial charge in [-0.05, 0) is 48.0 Å². The van der Waals surface area contributed by atoms with Gasteiger partial charge in [0.1, 0.15) is 24.8 Å². The van der Waals surface area contributed by atoms with E-state index in [1.54, 1.807) is 6.08 Å². The van der Waals surface area contributed by atoms with Crippen LogP contribution in [0.2, 0.25) is 0 Å². The number of esters is 1. The molecule has 5 nitrogen and oxygen atoms in total. The number of carbonyl (C=O) groups excluding carboxylic acids is 1. The van der Waals surface area contributed by atoms with Gasteiger partial charge in [-0.3, -0.25) is 0 Å². The van der Waals surface area contributed by atoms with Gasteiger partial charge in [0.25, 0.3) is 0 Å². The van der Waals surface area contributed by atoms with Crippen molar-refractivity contribution in [2.45, 2.75) is 6.42 Å². The average molecular weight is 358 g/mol. The quantitative estimate of drug-likeness (QED) is 0.448. The SMILES string of the molecule is O=C(/C=C/c1ccc2c(c1)OCCCO2)OCCOc1ccc(F)cc1. The fourth-order valence-corrected chi connectivity index (χ4v) is 2.33. The predicted octanol–water partition coefficient (Wildman–Crippen LogP) is 3.62. The Morgan fingerprint density at radius 2 is 1.81 bits per heavy atom. The molecule has 26 heavy (non-hydrogen) atoms. The van der Waals surface area contributed by atoms with Crippen LogP contribution in [0.1, 0.15) is 12.0 Å². The van der Waals surface area contributed by atoms with Gasteiger partial charge in [0, 0.05) is 12.5 Å². The molecule has 0 N–H and O–H groups in total. The summed E-state index contributed by atoms with van der Waals surface area (Å²) in [5, 5.41) is 0. The average Bonchev–Trinajstić information content (AvgIpc) is 2.90. The van der Waals surface area contributed by atoms with E-state index in [0.717, 1.165) is 12.0 Å². The number of halogens is 1. The van der Waals surface area contributed by atoms with Gasteiger partial charge < -0.3 is 18.9 Å². The lowest BCUT2D eigenvalue weighted by Gasteiger charge is -2.07. The van der Waals surface area contributed by atoms with Crippen LogP contribution in [0.15, 0.2) is 48.5 Å². The molecule has 0 fully saturated rings. The molecular formula is C20H19FO5. The van der Waals surface area contributed by atoms with Crippen LogP contribution >= 0.6 is 0 Å². The maximum atomic E-state index is 12.8. The number of carbonyl (C=O) groups is 1. The van der Waals surface area contributed by atoms with Crippen molar-refractivity contribution < 1.29 is 28.1 Å². The third kappa shape index (κ3) is 5.24. The van der Waals surface area contributed by atoms with Crippen LogP contribution in [-0.4, -0.2) is 32.4 Å². The summed E-state index contributed by atoms with van der Waals surface area (Å²) in [5.74, 6) is 1.10. The molecule has 0 bridgehead atoms. The second kappa shape index (κ2) is 8.89. The molecule has 0 radical (unpaired) electrons. The van der Waals surface area contributed by atoms with E-state index in [0.29, 0.717) is 30.5 Å². The number of rotatable bonds is 6. The van der Waals surface area contributed by atoms with E-state index in [1.807, 2.05) is 18.2 Å². The first-order chi connectivity index (χ1) is 12.7. The monoisotopic (exact) mass is 358 g/mol. The second-order valence-corrected chi connectivity index (χ2v) is 5.56. The van der Waals surface area contributed by atoms with E-state index < -0.39 is 5.97 Å². The summed E-state index contributed by atoms with van der Waals surface area (Å²) >= 11 is 0. The highest BCUT2D eigenvalue weighted by Gasteiger charge is 2.09. The zero-order valence-electron chi connectivity index (χ0n) is 14.2. The molecule has 2 aromatic rings. The molecule has 0 aliphatic carbocycles. The third-order valence-electron chi connectivity index (χ3n) is 3.59. The Balaban J connectivity index is 1.44.